The van der Waals surface area contributed by atoms with Gasteiger partial charge in [-0.05, 0) is 43.9 Å². The molecule has 24 heavy (non-hydrogen) atoms. The summed E-state index contributed by atoms with van der Waals surface area (Å²) < 4.78 is 0. The third-order valence-electron chi connectivity index (χ3n) is 5.20. The molecule has 0 aliphatic heterocycles. The molecular weight excluding hydrogens is 304 g/mol. The monoisotopic (exact) mass is 340 g/mol. The highest BCUT2D eigenvalue weighted by atomic mass is 16.4. The molecule has 1 aliphatic carbocycles. The lowest BCUT2D eigenvalue weighted by molar-refractivity contribution is -0.137. The van der Waals surface area contributed by atoms with Crippen molar-refractivity contribution in [3.63, 3.8) is 0 Å². The Kier molecular flexibility index (Phi) is 11.0. The van der Waals surface area contributed by atoms with Crippen molar-refractivity contribution in [2.45, 2.75) is 96.2 Å². The molecule has 1 aliphatic rings. The van der Waals surface area contributed by atoms with Gasteiger partial charge in [-0.25, -0.2) is 0 Å². The van der Waals surface area contributed by atoms with Gasteiger partial charge in [0.2, 0.25) is 0 Å². The number of hydrogen-bond donors (Lipinski definition) is 3. The molecule has 1 fully saturated rings. The number of aliphatic carboxylic acids is 1. The molecule has 0 radical (unpaired) electrons. The molecule has 4 atom stereocenters. The summed E-state index contributed by atoms with van der Waals surface area (Å²) in [4.78, 5) is 10.5. The van der Waals surface area contributed by atoms with Crippen molar-refractivity contribution in [3.05, 3.63) is 12.2 Å². The average molecular weight is 341 g/mol. The zero-order valence-corrected chi connectivity index (χ0v) is 15.2. The second-order valence-electron chi connectivity index (χ2n) is 7.27. The largest absolute Gasteiger partial charge is 0.481 e. The Labute approximate surface area is 147 Å². The van der Waals surface area contributed by atoms with E-state index in [-0.39, 0.29) is 18.6 Å². The summed E-state index contributed by atoms with van der Waals surface area (Å²) in [5, 5.41) is 28.8. The van der Waals surface area contributed by atoms with E-state index in [4.69, 9.17) is 5.11 Å². The number of carboxylic acids is 1. The van der Waals surface area contributed by atoms with Crippen LogP contribution >= 0.6 is 0 Å². The van der Waals surface area contributed by atoms with Crippen LogP contribution in [0.1, 0.15) is 84.0 Å². The molecular formula is C20H36O4. The number of allylic oxidation sites excluding steroid dienone is 1. The molecule has 4 heteroatoms. The van der Waals surface area contributed by atoms with Crippen LogP contribution in [-0.4, -0.2) is 33.5 Å². The first-order chi connectivity index (χ1) is 11.5. The summed E-state index contributed by atoms with van der Waals surface area (Å²) in [6, 6.07) is 0. The number of carboxylic acid groups (broad SMARTS) is 1. The van der Waals surface area contributed by atoms with Crippen LogP contribution in [0.5, 0.6) is 0 Å². The van der Waals surface area contributed by atoms with Crippen molar-refractivity contribution in [2.24, 2.45) is 11.8 Å². The van der Waals surface area contributed by atoms with Crippen molar-refractivity contribution in [2.75, 3.05) is 0 Å². The molecule has 4 nitrogen and oxygen atoms in total. The van der Waals surface area contributed by atoms with E-state index in [9.17, 15) is 15.0 Å². The Morgan fingerprint density at radius 3 is 2.58 bits per heavy atom. The van der Waals surface area contributed by atoms with E-state index in [0.29, 0.717) is 11.8 Å². The molecule has 0 heterocycles. The third kappa shape index (κ3) is 8.84. The lowest BCUT2D eigenvalue weighted by Gasteiger charge is -2.20. The smallest absolute Gasteiger partial charge is 0.303 e. The first kappa shape index (κ1) is 21.2. The lowest BCUT2D eigenvalue weighted by Crippen LogP contribution is -2.18. The molecule has 0 bridgehead atoms. The minimum absolute atomic E-state index is 0.226. The van der Waals surface area contributed by atoms with E-state index < -0.39 is 5.97 Å². The zero-order chi connectivity index (χ0) is 17.8. The van der Waals surface area contributed by atoms with Gasteiger partial charge in [0.15, 0.2) is 0 Å². The van der Waals surface area contributed by atoms with E-state index in [2.05, 4.69) is 13.0 Å². The fourth-order valence-corrected chi connectivity index (χ4v) is 3.70. The van der Waals surface area contributed by atoms with Crippen LogP contribution in [-0.2, 0) is 4.79 Å². The van der Waals surface area contributed by atoms with Crippen molar-refractivity contribution in [1.29, 1.82) is 0 Å². The van der Waals surface area contributed by atoms with Crippen LogP contribution in [0.15, 0.2) is 12.2 Å². The second kappa shape index (κ2) is 12.5. The predicted octanol–water partition coefficient (Wildman–Crippen LogP) is 4.30. The van der Waals surface area contributed by atoms with Gasteiger partial charge in [0, 0.05) is 6.42 Å². The number of unbranched alkanes of at least 4 members (excludes halogenated alkanes) is 5. The van der Waals surface area contributed by atoms with Crippen LogP contribution in [0.25, 0.3) is 0 Å². The first-order valence-corrected chi connectivity index (χ1v) is 9.80. The molecule has 0 amide bonds. The molecule has 1 saturated carbocycles. The summed E-state index contributed by atoms with van der Waals surface area (Å²) in [5.41, 5.74) is 0. The van der Waals surface area contributed by atoms with E-state index >= 15 is 0 Å². The highest BCUT2D eigenvalue weighted by molar-refractivity contribution is 5.66. The fourth-order valence-electron chi connectivity index (χ4n) is 3.70. The summed E-state index contributed by atoms with van der Waals surface area (Å²) >= 11 is 0. The van der Waals surface area contributed by atoms with E-state index in [1.54, 1.807) is 0 Å². The standard InChI is InChI=1S/C20H36O4/c1-2-3-6-9-17(21)14-12-16-13-15-19(22)18(16)10-7-4-5-8-11-20(23)24/h12,14,16-19,21-22H,2-11,13,15H2,1H3,(H,23,24)/b14-12+/t16-,17-,18+,19+/m0/s1. The average Bonchev–Trinajstić information content (AvgIpc) is 2.89. The Morgan fingerprint density at radius 2 is 1.88 bits per heavy atom. The van der Waals surface area contributed by atoms with Gasteiger partial charge >= 0.3 is 5.97 Å². The quantitative estimate of drug-likeness (QED) is 0.345. The molecule has 0 aromatic heterocycles. The third-order valence-corrected chi connectivity index (χ3v) is 5.20. The van der Waals surface area contributed by atoms with Crippen LogP contribution in [0.3, 0.4) is 0 Å². The van der Waals surface area contributed by atoms with Gasteiger partial charge in [-0.2, -0.15) is 0 Å². The number of aliphatic hydroxyl groups is 2. The summed E-state index contributed by atoms with van der Waals surface area (Å²) in [5.74, 6) is -0.0488. The Morgan fingerprint density at radius 1 is 1.12 bits per heavy atom. The molecule has 1 rings (SSSR count). The van der Waals surface area contributed by atoms with Gasteiger partial charge in [-0.15, -0.1) is 0 Å². The van der Waals surface area contributed by atoms with Crippen molar-refractivity contribution in [3.8, 4) is 0 Å². The SMILES string of the molecule is CCCCC[C@H](O)/C=C/[C@H]1CC[C@@H](O)[C@@H]1CCCCCCC(=O)O. The van der Waals surface area contributed by atoms with Crippen LogP contribution in [0, 0.1) is 11.8 Å². The maximum Gasteiger partial charge on any atom is 0.303 e. The number of aliphatic hydroxyl groups excluding tert-OH is 2. The van der Waals surface area contributed by atoms with Crippen molar-refractivity contribution >= 4 is 5.97 Å². The highest BCUT2D eigenvalue weighted by Gasteiger charge is 2.32. The summed E-state index contributed by atoms with van der Waals surface area (Å²) in [6.45, 7) is 2.16. The Hall–Kier alpha value is -0.870. The molecule has 140 valence electrons. The fraction of sp³-hybridized carbons (Fsp3) is 0.850. The second-order valence-corrected chi connectivity index (χ2v) is 7.27. The maximum atomic E-state index is 10.5. The molecule has 0 spiro atoms. The van der Waals surface area contributed by atoms with Crippen molar-refractivity contribution < 1.29 is 20.1 Å². The minimum atomic E-state index is -0.719. The summed E-state index contributed by atoms with van der Waals surface area (Å²) in [6.07, 6.45) is 14.6. The van der Waals surface area contributed by atoms with E-state index in [1.807, 2.05) is 6.08 Å². The zero-order valence-electron chi connectivity index (χ0n) is 15.2. The molecule has 0 aromatic carbocycles. The molecule has 0 unspecified atom stereocenters. The van der Waals surface area contributed by atoms with E-state index in [0.717, 1.165) is 64.2 Å². The Bertz CT molecular complexity index is 367. The van der Waals surface area contributed by atoms with Crippen LogP contribution in [0.2, 0.25) is 0 Å². The van der Waals surface area contributed by atoms with Crippen LogP contribution < -0.4 is 0 Å². The molecule has 0 saturated heterocycles. The number of hydrogen-bond acceptors (Lipinski definition) is 3. The van der Waals surface area contributed by atoms with Gasteiger partial charge in [-0.1, -0.05) is 57.6 Å². The van der Waals surface area contributed by atoms with Crippen LogP contribution in [0.4, 0.5) is 0 Å². The predicted molar refractivity (Wildman–Crippen MR) is 96.8 cm³/mol. The van der Waals surface area contributed by atoms with Crippen molar-refractivity contribution in [1.82, 2.24) is 0 Å². The van der Waals surface area contributed by atoms with E-state index in [1.165, 1.54) is 6.42 Å². The lowest BCUT2D eigenvalue weighted by atomic mass is 9.88. The minimum Gasteiger partial charge on any atom is -0.481 e. The maximum absolute atomic E-state index is 10.5. The Balaban J connectivity index is 2.27. The van der Waals surface area contributed by atoms with Gasteiger partial charge in [0.05, 0.1) is 12.2 Å². The molecule has 0 aromatic rings. The van der Waals surface area contributed by atoms with Gasteiger partial charge in [0.1, 0.15) is 0 Å². The van der Waals surface area contributed by atoms with Gasteiger partial charge in [-0.3, -0.25) is 4.79 Å². The highest BCUT2D eigenvalue weighted by Crippen LogP contribution is 2.36. The topological polar surface area (TPSA) is 77.8 Å². The van der Waals surface area contributed by atoms with Gasteiger partial charge in [0.25, 0.3) is 0 Å². The normalized spacial score (nSPS) is 25.4. The number of carbonyl (C=O) groups is 1. The summed E-state index contributed by atoms with van der Waals surface area (Å²) in [7, 11) is 0. The number of rotatable bonds is 13. The molecule has 3 N–H and O–H groups in total. The van der Waals surface area contributed by atoms with Gasteiger partial charge < -0.3 is 15.3 Å². The first-order valence-electron chi connectivity index (χ1n) is 9.80.